The van der Waals surface area contributed by atoms with Gasteiger partial charge >= 0.3 is 0 Å². The molecule has 1 aromatic rings. The fourth-order valence-corrected chi connectivity index (χ4v) is 2.00. The van der Waals surface area contributed by atoms with E-state index in [9.17, 15) is 9.90 Å². The minimum Gasteiger partial charge on any atom is -0.503 e. The van der Waals surface area contributed by atoms with Crippen LogP contribution in [-0.2, 0) is 19.0 Å². The van der Waals surface area contributed by atoms with E-state index in [1.807, 2.05) is 6.07 Å². The normalized spacial score (nSPS) is 19.9. The summed E-state index contributed by atoms with van der Waals surface area (Å²) in [5.41, 5.74) is 0. The summed E-state index contributed by atoms with van der Waals surface area (Å²) in [6.07, 6.45) is -0.831. The molecule has 0 saturated carbocycles. The van der Waals surface area contributed by atoms with Gasteiger partial charge in [-0.2, -0.15) is 0 Å². The smallest absolute Gasteiger partial charge is 0.288 e. The number of aliphatic hydroxyl groups is 1. The Hall–Kier alpha value is -2.29. The fraction of sp³-hybridized carbons (Fsp3) is 0.471. The van der Waals surface area contributed by atoms with Crippen LogP contribution in [0.3, 0.4) is 0 Å². The van der Waals surface area contributed by atoms with Crippen molar-refractivity contribution in [3.8, 4) is 11.5 Å². The van der Waals surface area contributed by atoms with Gasteiger partial charge in [0.05, 0.1) is 33.0 Å². The van der Waals surface area contributed by atoms with Crippen LogP contribution in [0.4, 0.5) is 0 Å². The summed E-state index contributed by atoms with van der Waals surface area (Å²) in [4.78, 5) is 11.7. The van der Waals surface area contributed by atoms with Crippen molar-refractivity contribution in [1.29, 1.82) is 0 Å². The van der Waals surface area contributed by atoms with Crippen molar-refractivity contribution in [1.82, 2.24) is 5.32 Å². The molecule has 2 N–H and O–H groups in total. The Balaban J connectivity index is 2.08. The van der Waals surface area contributed by atoms with Gasteiger partial charge in [-0.3, -0.25) is 4.79 Å². The van der Waals surface area contributed by atoms with Crippen LogP contribution >= 0.6 is 0 Å². The second-order valence-electron chi connectivity index (χ2n) is 5.12. The minimum absolute atomic E-state index is 0.0627. The second kappa shape index (κ2) is 10.5. The average Bonchev–Trinajstić information content (AvgIpc) is 2.60. The van der Waals surface area contributed by atoms with Crippen molar-refractivity contribution in [2.75, 3.05) is 46.2 Å². The van der Waals surface area contributed by atoms with Gasteiger partial charge < -0.3 is 34.1 Å². The van der Waals surface area contributed by atoms with Gasteiger partial charge in [0.2, 0.25) is 0 Å². The van der Waals surface area contributed by atoms with Gasteiger partial charge in [-0.15, -0.1) is 0 Å². The fourth-order valence-electron chi connectivity index (χ4n) is 2.00. The SMILES string of the molecule is C=C(O)C(=O)NC1COCCOCCOCCOc2ccccc2O1. The molecule has 0 spiro atoms. The van der Waals surface area contributed by atoms with Crippen molar-refractivity contribution in [3.05, 3.63) is 36.6 Å². The molecule has 1 heterocycles. The molecule has 8 nitrogen and oxygen atoms in total. The summed E-state index contributed by atoms with van der Waals surface area (Å²) in [6, 6.07) is 7.06. The lowest BCUT2D eigenvalue weighted by Crippen LogP contribution is -2.43. The zero-order valence-electron chi connectivity index (χ0n) is 13.9. The number of nitrogens with one attached hydrogen (secondary N) is 1. The molecule has 1 unspecified atom stereocenters. The van der Waals surface area contributed by atoms with Crippen LogP contribution in [0.5, 0.6) is 11.5 Å². The van der Waals surface area contributed by atoms with Crippen LogP contribution < -0.4 is 14.8 Å². The molecule has 1 aromatic carbocycles. The molecule has 0 saturated heterocycles. The zero-order chi connectivity index (χ0) is 17.9. The molecule has 0 bridgehead atoms. The van der Waals surface area contributed by atoms with Gasteiger partial charge in [-0.1, -0.05) is 18.7 Å². The van der Waals surface area contributed by atoms with Gasteiger partial charge in [-0.25, -0.2) is 0 Å². The third-order valence-electron chi connectivity index (χ3n) is 3.17. The first-order valence-electron chi connectivity index (χ1n) is 7.97. The monoisotopic (exact) mass is 353 g/mol. The summed E-state index contributed by atoms with van der Waals surface area (Å²) >= 11 is 0. The number of hydrogen-bond acceptors (Lipinski definition) is 7. The lowest BCUT2D eigenvalue weighted by atomic mass is 10.3. The number of ether oxygens (including phenoxy) is 5. The first-order valence-corrected chi connectivity index (χ1v) is 7.97. The maximum absolute atomic E-state index is 11.7. The van der Waals surface area contributed by atoms with E-state index in [4.69, 9.17) is 23.7 Å². The number of amides is 1. The molecule has 0 aliphatic carbocycles. The van der Waals surface area contributed by atoms with E-state index in [0.29, 0.717) is 51.1 Å². The number of benzene rings is 1. The van der Waals surface area contributed by atoms with Gasteiger partial charge in [0.15, 0.2) is 23.5 Å². The summed E-state index contributed by atoms with van der Waals surface area (Å²) in [5.74, 6) is -0.399. The van der Waals surface area contributed by atoms with E-state index in [0.717, 1.165) is 0 Å². The largest absolute Gasteiger partial charge is 0.503 e. The Morgan fingerprint density at radius 3 is 2.28 bits per heavy atom. The molecule has 1 aliphatic rings. The van der Waals surface area contributed by atoms with Crippen molar-refractivity contribution >= 4 is 5.91 Å². The highest BCUT2D eigenvalue weighted by atomic mass is 16.6. The Kier molecular flexibility index (Phi) is 8.03. The Morgan fingerprint density at radius 1 is 1.00 bits per heavy atom. The van der Waals surface area contributed by atoms with E-state index in [-0.39, 0.29) is 6.61 Å². The summed E-state index contributed by atoms with van der Waals surface area (Å²) in [6.45, 7) is 5.67. The lowest BCUT2D eigenvalue weighted by Gasteiger charge is -2.21. The predicted molar refractivity (Wildman–Crippen MR) is 88.7 cm³/mol. The lowest BCUT2D eigenvalue weighted by molar-refractivity contribution is -0.123. The highest BCUT2D eigenvalue weighted by Gasteiger charge is 2.18. The molecule has 1 amide bonds. The van der Waals surface area contributed by atoms with Crippen LogP contribution in [0.25, 0.3) is 0 Å². The molecule has 1 aliphatic heterocycles. The third-order valence-corrected chi connectivity index (χ3v) is 3.17. The highest BCUT2D eigenvalue weighted by Crippen LogP contribution is 2.27. The van der Waals surface area contributed by atoms with Gasteiger partial charge in [0.1, 0.15) is 13.2 Å². The van der Waals surface area contributed by atoms with E-state index >= 15 is 0 Å². The molecule has 2 rings (SSSR count). The minimum atomic E-state index is -0.831. The number of aliphatic hydroxyl groups excluding tert-OH is 1. The van der Waals surface area contributed by atoms with Crippen LogP contribution in [0.15, 0.2) is 36.6 Å². The summed E-state index contributed by atoms with van der Waals surface area (Å²) < 4.78 is 27.6. The molecule has 0 fully saturated rings. The number of rotatable bonds is 2. The Bertz CT molecular complexity index is 564. The van der Waals surface area contributed by atoms with Crippen molar-refractivity contribution < 1.29 is 33.6 Å². The third kappa shape index (κ3) is 7.00. The summed E-state index contributed by atoms with van der Waals surface area (Å²) in [5, 5.41) is 11.7. The second-order valence-corrected chi connectivity index (χ2v) is 5.12. The molecule has 25 heavy (non-hydrogen) atoms. The van der Waals surface area contributed by atoms with Crippen LogP contribution in [0.2, 0.25) is 0 Å². The number of carbonyl (C=O) groups is 1. The molecule has 1 atom stereocenters. The molecule has 0 radical (unpaired) electrons. The average molecular weight is 353 g/mol. The summed E-state index contributed by atoms with van der Waals surface area (Å²) in [7, 11) is 0. The van der Waals surface area contributed by atoms with Crippen LogP contribution in [-0.4, -0.2) is 63.5 Å². The van der Waals surface area contributed by atoms with Crippen LogP contribution in [0, 0.1) is 0 Å². The molecule has 8 heteroatoms. The number of carbonyl (C=O) groups excluding carboxylic acids is 1. The van der Waals surface area contributed by atoms with Crippen LogP contribution in [0.1, 0.15) is 0 Å². The van der Waals surface area contributed by atoms with Gasteiger partial charge in [-0.05, 0) is 12.1 Å². The maximum atomic E-state index is 11.7. The molecular formula is C17H23NO7. The van der Waals surface area contributed by atoms with Gasteiger partial charge in [0.25, 0.3) is 5.91 Å². The topological polar surface area (TPSA) is 95.5 Å². The van der Waals surface area contributed by atoms with E-state index in [1.165, 1.54) is 0 Å². The number of hydrogen-bond donors (Lipinski definition) is 2. The van der Waals surface area contributed by atoms with Crippen molar-refractivity contribution in [3.63, 3.8) is 0 Å². The standard InChI is InChI=1S/C17H23NO7/c1-13(19)17(20)18-16-12-23-9-8-21-6-7-22-10-11-24-14-4-2-3-5-15(14)25-16/h2-5,16,19H,1,6-12H2,(H,18,20). The first kappa shape index (κ1) is 19.0. The van der Waals surface area contributed by atoms with Crippen molar-refractivity contribution in [2.24, 2.45) is 0 Å². The Labute approximate surface area is 146 Å². The van der Waals surface area contributed by atoms with Crippen molar-refractivity contribution in [2.45, 2.75) is 6.23 Å². The van der Waals surface area contributed by atoms with E-state index < -0.39 is 17.9 Å². The molecule has 0 aromatic heterocycles. The highest BCUT2D eigenvalue weighted by molar-refractivity contribution is 5.90. The zero-order valence-corrected chi connectivity index (χ0v) is 13.9. The first-order chi connectivity index (χ1) is 12.2. The quantitative estimate of drug-likeness (QED) is 0.605. The number of para-hydroxylation sites is 2. The van der Waals surface area contributed by atoms with Gasteiger partial charge in [0, 0.05) is 0 Å². The van der Waals surface area contributed by atoms with E-state index in [1.54, 1.807) is 18.2 Å². The van der Waals surface area contributed by atoms with E-state index in [2.05, 4.69) is 11.9 Å². The molecular weight excluding hydrogens is 330 g/mol. The maximum Gasteiger partial charge on any atom is 0.288 e. The predicted octanol–water partition coefficient (Wildman–Crippen LogP) is 1.02. The molecule has 138 valence electrons. The Morgan fingerprint density at radius 2 is 1.60 bits per heavy atom. The number of fused-ring (bicyclic) bond motifs is 1.